The van der Waals surface area contributed by atoms with Gasteiger partial charge in [-0.15, -0.1) is 0 Å². The van der Waals surface area contributed by atoms with Gasteiger partial charge in [0.25, 0.3) is 11.5 Å². The lowest BCUT2D eigenvalue weighted by Crippen LogP contribution is -2.49. The number of aromatic nitrogens is 3. The molecule has 0 radical (unpaired) electrons. The normalized spacial score (nSPS) is 15.0. The zero-order chi connectivity index (χ0) is 19.5. The minimum Gasteiger partial charge on any atom is -0.338 e. The number of nitrogens with zero attached hydrogens (tertiary/aromatic N) is 4. The van der Waals surface area contributed by atoms with Crippen molar-refractivity contribution in [3.63, 3.8) is 0 Å². The first-order valence-corrected chi connectivity index (χ1v) is 9.26. The van der Waals surface area contributed by atoms with Gasteiger partial charge in [0.15, 0.2) is 0 Å². The van der Waals surface area contributed by atoms with Crippen molar-refractivity contribution in [2.75, 3.05) is 26.2 Å². The van der Waals surface area contributed by atoms with E-state index in [0.29, 0.717) is 49.5 Å². The Kier molecular flexibility index (Phi) is 5.23. The molecule has 144 valence electrons. The number of hydrogen-bond acceptors (Lipinski definition) is 6. The molecule has 3 aromatic rings. The molecule has 0 unspecified atom stereocenters. The van der Waals surface area contributed by atoms with Crippen LogP contribution in [-0.2, 0) is 6.54 Å². The predicted octanol–water partition coefficient (Wildman–Crippen LogP) is 2.04. The second-order valence-electron chi connectivity index (χ2n) is 6.50. The van der Waals surface area contributed by atoms with Crippen LogP contribution in [-0.4, -0.2) is 57.0 Å². The van der Waals surface area contributed by atoms with E-state index in [0.717, 1.165) is 5.56 Å². The summed E-state index contributed by atoms with van der Waals surface area (Å²) in [6.45, 7) is 2.90. The number of carbonyl (C=O) groups is 1. The van der Waals surface area contributed by atoms with E-state index in [1.807, 2.05) is 12.1 Å². The highest BCUT2D eigenvalue weighted by Gasteiger charge is 2.24. The van der Waals surface area contributed by atoms with Gasteiger partial charge >= 0.3 is 0 Å². The first kappa shape index (κ1) is 18.4. The van der Waals surface area contributed by atoms with Gasteiger partial charge in [0.2, 0.25) is 11.7 Å². The predicted molar refractivity (Wildman–Crippen MR) is 103 cm³/mol. The number of hydrogen-bond donors (Lipinski definition) is 1. The molecule has 1 amide bonds. The number of amides is 1. The number of piperazine rings is 1. The monoisotopic (exact) mass is 399 g/mol. The van der Waals surface area contributed by atoms with E-state index < -0.39 is 0 Å². The van der Waals surface area contributed by atoms with Gasteiger partial charge in [0, 0.05) is 43.0 Å². The minimum atomic E-state index is -0.365. The zero-order valence-electron chi connectivity index (χ0n) is 15.0. The van der Waals surface area contributed by atoms with Crippen LogP contribution in [0, 0.1) is 0 Å². The van der Waals surface area contributed by atoms with E-state index >= 15 is 0 Å². The summed E-state index contributed by atoms with van der Waals surface area (Å²) in [5.41, 5.74) is 0.638. The average Bonchev–Trinajstić information content (AvgIpc) is 3.17. The van der Waals surface area contributed by atoms with Crippen LogP contribution in [0.2, 0.25) is 5.02 Å². The molecule has 2 aromatic heterocycles. The lowest BCUT2D eigenvalue weighted by atomic mass is 10.2. The zero-order valence-corrected chi connectivity index (χ0v) is 15.7. The third kappa shape index (κ3) is 3.97. The number of carbonyl (C=O) groups excluding carboxylic acids is 1. The Bertz CT molecular complexity index is 1020. The average molecular weight is 400 g/mol. The topological polar surface area (TPSA) is 95.3 Å². The molecule has 8 nitrogen and oxygen atoms in total. The van der Waals surface area contributed by atoms with Crippen molar-refractivity contribution in [1.82, 2.24) is 24.9 Å². The Labute approximate surface area is 165 Å². The molecule has 1 aliphatic heterocycles. The number of H-pyrrole nitrogens is 1. The maximum absolute atomic E-state index is 12.5. The lowest BCUT2D eigenvalue weighted by molar-refractivity contribution is 0.0613. The van der Waals surface area contributed by atoms with E-state index in [1.54, 1.807) is 29.2 Å². The van der Waals surface area contributed by atoms with E-state index in [9.17, 15) is 9.59 Å². The summed E-state index contributed by atoms with van der Waals surface area (Å²) in [7, 11) is 0. The van der Waals surface area contributed by atoms with Crippen molar-refractivity contribution in [2.45, 2.75) is 6.54 Å². The number of aromatic amines is 1. The number of rotatable bonds is 4. The summed E-state index contributed by atoms with van der Waals surface area (Å²) in [6, 6.07) is 10.4. The molecule has 9 heteroatoms. The van der Waals surface area contributed by atoms with Crippen LogP contribution < -0.4 is 5.56 Å². The standard InChI is InChI=1S/C19H18ClN5O3/c20-14-5-3-13(4-6-14)17-22-16(28-23-17)12-24-8-10-25(11-9-24)19(27)15-2-1-7-21-18(15)26/h1-7H,8-12H2,(H,21,26). The summed E-state index contributed by atoms with van der Waals surface area (Å²) in [6.07, 6.45) is 1.51. The maximum atomic E-state index is 12.5. The molecule has 0 saturated carbocycles. The van der Waals surface area contributed by atoms with Crippen molar-refractivity contribution >= 4 is 17.5 Å². The largest absolute Gasteiger partial charge is 0.338 e. The van der Waals surface area contributed by atoms with Gasteiger partial charge in [-0.3, -0.25) is 14.5 Å². The van der Waals surface area contributed by atoms with Crippen LogP contribution in [0.25, 0.3) is 11.4 Å². The summed E-state index contributed by atoms with van der Waals surface area (Å²) in [4.78, 5) is 35.1. The van der Waals surface area contributed by atoms with E-state index in [1.165, 1.54) is 6.20 Å². The molecule has 1 N–H and O–H groups in total. The molecule has 1 aliphatic rings. The Morgan fingerprint density at radius 1 is 1.14 bits per heavy atom. The van der Waals surface area contributed by atoms with Crippen molar-refractivity contribution in [1.29, 1.82) is 0 Å². The van der Waals surface area contributed by atoms with Crippen LogP contribution in [0.15, 0.2) is 51.9 Å². The third-order valence-electron chi connectivity index (χ3n) is 4.64. The maximum Gasteiger partial charge on any atom is 0.260 e. The molecule has 0 spiro atoms. The van der Waals surface area contributed by atoms with Crippen molar-refractivity contribution in [3.8, 4) is 11.4 Å². The molecular weight excluding hydrogens is 382 g/mol. The Morgan fingerprint density at radius 2 is 1.89 bits per heavy atom. The molecule has 0 atom stereocenters. The smallest absolute Gasteiger partial charge is 0.260 e. The molecule has 28 heavy (non-hydrogen) atoms. The molecule has 0 bridgehead atoms. The highest BCUT2D eigenvalue weighted by Crippen LogP contribution is 2.19. The summed E-state index contributed by atoms with van der Waals surface area (Å²) in [5.74, 6) is 0.789. The highest BCUT2D eigenvalue weighted by molar-refractivity contribution is 6.30. The van der Waals surface area contributed by atoms with Gasteiger partial charge in [-0.05, 0) is 36.4 Å². The first-order chi connectivity index (χ1) is 13.6. The quantitative estimate of drug-likeness (QED) is 0.721. The Balaban J connectivity index is 1.35. The van der Waals surface area contributed by atoms with Crippen LogP contribution >= 0.6 is 11.6 Å². The van der Waals surface area contributed by atoms with Crippen molar-refractivity contribution in [2.24, 2.45) is 0 Å². The molecular formula is C19H18ClN5O3. The summed E-state index contributed by atoms with van der Waals surface area (Å²) >= 11 is 5.90. The Hall–Kier alpha value is -2.97. The van der Waals surface area contributed by atoms with Gasteiger partial charge in [-0.1, -0.05) is 16.8 Å². The van der Waals surface area contributed by atoms with E-state index in [2.05, 4.69) is 20.0 Å². The number of halogens is 1. The SMILES string of the molecule is O=C(c1ccc[nH]c1=O)N1CCN(Cc2nc(-c3ccc(Cl)cc3)no2)CC1. The van der Waals surface area contributed by atoms with Crippen LogP contribution in [0.1, 0.15) is 16.2 Å². The molecule has 1 saturated heterocycles. The fourth-order valence-corrected chi connectivity index (χ4v) is 3.22. The number of benzene rings is 1. The Morgan fingerprint density at radius 3 is 2.61 bits per heavy atom. The molecule has 0 aliphatic carbocycles. The van der Waals surface area contributed by atoms with Crippen molar-refractivity contribution in [3.05, 3.63) is 69.4 Å². The number of nitrogens with one attached hydrogen (secondary N) is 1. The van der Waals surface area contributed by atoms with Gasteiger partial charge in [0.05, 0.1) is 6.54 Å². The molecule has 4 rings (SSSR count). The molecule has 1 fully saturated rings. The van der Waals surface area contributed by atoms with E-state index in [4.69, 9.17) is 16.1 Å². The van der Waals surface area contributed by atoms with Gasteiger partial charge < -0.3 is 14.4 Å². The summed E-state index contributed by atoms with van der Waals surface area (Å²) < 4.78 is 5.35. The van der Waals surface area contributed by atoms with Crippen LogP contribution in [0.4, 0.5) is 0 Å². The number of pyridine rings is 1. The molecule has 3 heterocycles. The third-order valence-corrected chi connectivity index (χ3v) is 4.89. The van der Waals surface area contributed by atoms with Gasteiger partial charge in [0.1, 0.15) is 5.56 Å². The van der Waals surface area contributed by atoms with Crippen LogP contribution in [0.5, 0.6) is 0 Å². The first-order valence-electron chi connectivity index (χ1n) is 8.88. The fraction of sp³-hybridized carbons (Fsp3) is 0.263. The van der Waals surface area contributed by atoms with Gasteiger partial charge in [-0.25, -0.2) is 0 Å². The minimum absolute atomic E-state index is 0.167. The van der Waals surface area contributed by atoms with Gasteiger partial charge in [-0.2, -0.15) is 4.98 Å². The highest BCUT2D eigenvalue weighted by atomic mass is 35.5. The van der Waals surface area contributed by atoms with Crippen molar-refractivity contribution < 1.29 is 9.32 Å². The second-order valence-corrected chi connectivity index (χ2v) is 6.94. The summed E-state index contributed by atoms with van der Waals surface area (Å²) in [5, 5.41) is 4.67. The molecule has 1 aromatic carbocycles. The second kappa shape index (κ2) is 7.95. The lowest BCUT2D eigenvalue weighted by Gasteiger charge is -2.33. The fourth-order valence-electron chi connectivity index (χ4n) is 3.10. The van der Waals surface area contributed by atoms with E-state index in [-0.39, 0.29) is 17.0 Å². The van der Waals surface area contributed by atoms with Crippen LogP contribution in [0.3, 0.4) is 0 Å².